The van der Waals surface area contributed by atoms with E-state index in [9.17, 15) is 13.2 Å². The Morgan fingerprint density at radius 2 is 1.85 bits per heavy atom. The molecule has 1 saturated heterocycles. The summed E-state index contributed by atoms with van der Waals surface area (Å²) in [5.74, 6) is 1.10. The Balaban J connectivity index is 1.41. The number of benzene rings is 1. The maximum absolute atomic E-state index is 12.9. The quantitative estimate of drug-likeness (QED) is 0.475. The standard InChI is InChI=1S/C19H23F3N2S2/c1-15-6-7-18(26-15)25-13-3-8-23-9-11-24(12-10-23)17-5-2-4-16(14-17)19(20,21)22/h2,4-7,14H,3,8-13H2,1H3. The first-order valence-electron chi connectivity index (χ1n) is 8.75. The van der Waals surface area contributed by atoms with E-state index < -0.39 is 11.7 Å². The molecule has 0 aliphatic carbocycles. The average molecular weight is 401 g/mol. The van der Waals surface area contributed by atoms with E-state index in [1.165, 1.54) is 21.2 Å². The highest BCUT2D eigenvalue weighted by molar-refractivity contribution is 8.01. The fourth-order valence-electron chi connectivity index (χ4n) is 3.06. The van der Waals surface area contributed by atoms with E-state index in [4.69, 9.17) is 0 Å². The minimum Gasteiger partial charge on any atom is -0.369 e. The second-order valence-electron chi connectivity index (χ2n) is 6.44. The Hall–Kier alpha value is -1.18. The van der Waals surface area contributed by atoms with Crippen LogP contribution in [0.25, 0.3) is 0 Å². The summed E-state index contributed by atoms with van der Waals surface area (Å²) in [4.78, 5) is 5.80. The first-order valence-corrected chi connectivity index (χ1v) is 10.6. The molecule has 26 heavy (non-hydrogen) atoms. The number of anilines is 1. The number of hydrogen-bond acceptors (Lipinski definition) is 4. The summed E-state index contributed by atoms with van der Waals surface area (Å²) in [6.45, 7) is 6.53. The number of hydrogen-bond donors (Lipinski definition) is 0. The summed E-state index contributed by atoms with van der Waals surface area (Å²) in [6, 6.07) is 9.99. The Morgan fingerprint density at radius 1 is 1.08 bits per heavy atom. The molecule has 1 aromatic heterocycles. The van der Waals surface area contributed by atoms with Crippen LogP contribution in [0.1, 0.15) is 16.9 Å². The summed E-state index contributed by atoms with van der Waals surface area (Å²) in [5, 5.41) is 0. The van der Waals surface area contributed by atoms with Crippen LogP contribution in [0, 0.1) is 6.92 Å². The summed E-state index contributed by atoms with van der Waals surface area (Å²) in [6.07, 6.45) is -3.15. The van der Waals surface area contributed by atoms with Crippen molar-refractivity contribution in [2.45, 2.75) is 23.7 Å². The van der Waals surface area contributed by atoms with Gasteiger partial charge < -0.3 is 4.90 Å². The van der Waals surface area contributed by atoms with Crippen molar-refractivity contribution in [1.82, 2.24) is 4.90 Å². The van der Waals surface area contributed by atoms with Gasteiger partial charge in [-0.25, -0.2) is 0 Å². The molecule has 0 atom stereocenters. The Kier molecular flexibility index (Phi) is 6.53. The molecule has 2 nitrogen and oxygen atoms in total. The molecule has 7 heteroatoms. The molecular formula is C19H23F3N2S2. The predicted molar refractivity (Wildman–Crippen MR) is 104 cm³/mol. The van der Waals surface area contributed by atoms with E-state index in [-0.39, 0.29) is 0 Å². The van der Waals surface area contributed by atoms with Crippen LogP contribution in [0.4, 0.5) is 18.9 Å². The molecule has 0 amide bonds. The Bertz CT molecular complexity index is 707. The van der Waals surface area contributed by atoms with E-state index >= 15 is 0 Å². The largest absolute Gasteiger partial charge is 0.416 e. The van der Waals surface area contributed by atoms with Crippen molar-refractivity contribution in [2.75, 3.05) is 43.4 Å². The van der Waals surface area contributed by atoms with Gasteiger partial charge in [-0.1, -0.05) is 6.07 Å². The Labute approximate surface area is 161 Å². The zero-order valence-corrected chi connectivity index (χ0v) is 16.4. The number of halogens is 3. The third-order valence-electron chi connectivity index (χ3n) is 4.49. The molecule has 3 rings (SSSR count). The molecule has 1 aliphatic heterocycles. The molecule has 0 spiro atoms. The minimum atomic E-state index is -4.28. The number of thioether (sulfide) groups is 1. The number of nitrogens with zero attached hydrogens (tertiary/aromatic N) is 2. The second kappa shape index (κ2) is 8.67. The van der Waals surface area contributed by atoms with Crippen LogP contribution >= 0.6 is 23.1 Å². The van der Waals surface area contributed by atoms with Gasteiger partial charge in [0.15, 0.2) is 0 Å². The van der Waals surface area contributed by atoms with Gasteiger partial charge in [-0.3, -0.25) is 4.90 Å². The number of rotatable bonds is 6. The fraction of sp³-hybridized carbons (Fsp3) is 0.474. The molecule has 1 fully saturated rings. The smallest absolute Gasteiger partial charge is 0.369 e. The van der Waals surface area contributed by atoms with Crippen molar-refractivity contribution in [3.8, 4) is 0 Å². The Morgan fingerprint density at radius 3 is 2.50 bits per heavy atom. The molecule has 142 valence electrons. The predicted octanol–water partition coefficient (Wildman–Crippen LogP) is 5.38. The maximum Gasteiger partial charge on any atom is 0.416 e. The second-order valence-corrected chi connectivity index (χ2v) is 9.13. The number of thiophene rings is 1. The van der Waals surface area contributed by atoms with Crippen LogP contribution in [-0.4, -0.2) is 43.4 Å². The molecule has 0 bridgehead atoms. The van der Waals surface area contributed by atoms with Crippen molar-refractivity contribution in [2.24, 2.45) is 0 Å². The van der Waals surface area contributed by atoms with E-state index in [1.807, 2.05) is 23.1 Å². The molecular weight excluding hydrogens is 377 g/mol. The van der Waals surface area contributed by atoms with Gasteiger partial charge in [0.2, 0.25) is 0 Å². The summed E-state index contributed by atoms with van der Waals surface area (Å²) in [7, 11) is 0. The first-order chi connectivity index (χ1) is 12.4. The topological polar surface area (TPSA) is 6.48 Å². The minimum absolute atomic E-state index is 0.571. The van der Waals surface area contributed by atoms with Gasteiger partial charge in [-0.05, 0) is 50.2 Å². The van der Waals surface area contributed by atoms with E-state index in [2.05, 4.69) is 28.9 Å². The molecule has 2 heterocycles. The molecule has 0 saturated carbocycles. The highest BCUT2D eigenvalue weighted by Crippen LogP contribution is 2.32. The maximum atomic E-state index is 12.9. The number of alkyl halides is 3. The lowest BCUT2D eigenvalue weighted by atomic mass is 10.1. The molecule has 1 aromatic carbocycles. The summed E-state index contributed by atoms with van der Waals surface area (Å²) >= 11 is 3.74. The first kappa shape index (κ1) is 19.6. The lowest BCUT2D eigenvalue weighted by Crippen LogP contribution is -2.46. The molecule has 0 unspecified atom stereocenters. The molecule has 0 radical (unpaired) electrons. The van der Waals surface area contributed by atoms with E-state index in [0.717, 1.165) is 51.0 Å². The highest BCUT2D eigenvalue weighted by Gasteiger charge is 2.31. The van der Waals surface area contributed by atoms with Crippen LogP contribution < -0.4 is 4.90 Å². The molecule has 0 N–H and O–H groups in total. The highest BCUT2D eigenvalue weighted by atomic mass is 32.2. The van der Waals surface area contributed by atoms with Crippen molar-refractivity contribution >= 4 is 28.8 Å². The van der Waals surface area contributed by atoms with Crippen LogP contribution in [0.15, 0.2) is 40.6 Å². The normalized spacial score (nSPS) is 16.2. The van der Waals surface area contributed by atoms with Crippen molar-refractivity contribution < 1.29 is 13.2 Å². The lowest BCUT2D eigenvalue weighted by Gasteiger charge is -2.36. The third kappa shape index (κ3) is 5.41. The summed E-state index contributed by atoms with van der Waals surface area (Å²) in [5.41, 5.74) is 0.0985. The summed E-state index contributed by atoms with van der Waals surface area (Å²) < 4.78 is 40.0. The number of aryl methyl sites for hydroxylation is 1. The van der Waals surface area contributed by atoms with Gasteiger partial charge >= 0.3 is 6.18 Å². The monoisotopic (exact) mass is 400 g/mol. The van der Waals surface area contributed by atoms with Gasteiger partial charge in [0.1, 0.15) is 0 Å². The SMILES string of the molecule is Cc1ccc(SCCCN2CCN(c3cccc(C(F)(F)F)c3)CC2)s1. The van der Waals surface area contributed by atoms with Gasteiger partial charge in [0.25, 0.3) is 0 Å². The van der Waals surface area contributed by atoms with Gasteiger partial charge in [-0.2, -0.15) is 13.2 Å². The van der Waals surface area contributed by atoms with Crippen molar-refractivity contribution in [1.29, 1.82) is 0 Å². The molecule has 1 aliphatic rings. The van der Waals surface area contributed by atoms with Gasteiger partial charge in [0.05, 0.1) is 9.77 Å². The van der Waals surface area contributed by atoms with Gasteiger partial charge in [-0.15, -0.1) is 23.1 Å². The number of piperazine rings is 1. The van der Waals surface area contributed by atoms with E-state index in [1.54, 1.807) is 6.07 Å². The van der Waals surface area contributed by atoms with Crippen LogP contribution in [0.2, 0.25) is 0 Å². The van der Waals surface area contributed by atoms with Crippen LogP contribution in [-0.2, 0) is 6.18 Å². The third-order valence-corrected chi connectivity index (χ3v) is 6.80. The van der Waals surface area contributed by atoms with Crippen LogP contribution in [0.3, 0.4) is 0 Å². The van der Waals surface area contributed by atoms with Gasteiger partial charge in [0, 0.05) is 42.5 Å². The lowest BCUT2D eigenvalue weighted by molar-refractivity contribution is -0.137. The van der Waals surface area contributed by atoms with Crippen molar-refractivity contribution in [3.05, 3.63) is 46.8 Å². The zero-order chi connectivity index (χ0) is 18.6. The van der Waals surface area contributed by atoms with E-state index in [0.29, 0.717) is 5.69 Å². The molecule has 2 aromatic rings. The fourth-order valence-corrected chi connectivity index (χ4v) is 5.17. The zero-order valence-electron chi connectivity index (χ0n) is 14.8. The van der Waals surface area contributed by atoms with Crippen molar-refractivity contribution in [3.63, 3.8) is 0 Å². The average Bonchev–Trinajstić information content (AvgIpc) is 3.04. The van der Waals surface area contributed by atoms with Crippen LogP contribution in [0.5, 0.6) is 0 Å².